The molecule has 206 valence electrons. The fraction of sp³-hybridized carbons (Fsp3) is 0.370. The van der Waals surface area contributed by atoms with E-state index in [0.29, 0.717) is 46.0 Å². The van der Waals surface area contributed by atoms with Gasteiger partial charge in [0.15, 0.2) is 5.82 Å². The van der Waals surface area contributed by atoms with E-state index in [4.69, 9.17) is 4.52 Å². The van der Waals surface area contributed by atoms with Crippen LogP contribution >= 0.6 is 0 Å². The van der Waals surface area contributed by atoms with Crippen molar-refractivity contribution in [2.24, 2.45) is 7.05 Å². The molecule has 39 heavy (non-hydrogen) atoms. The fourth-order valence-electron chi connectivity index (χ4n) is 3.93. The number of aryl methyl sites for hydroxylation is 2. The molecule has 4 aromatic rings. The molecule has 2 amide bonds. The van der Waals surface area contributed by atoms with Gasteiger partial charge in [0.05, 0.1) is 5.69 Å². The van der Waals surface area contributed by atoms with Crippen molar-refractivity contribution in [1.82, 2.24) is 24.6 Å². The number of aromatic nitrogens is 4. The quantitative estimate of drug-likeness (QED) is 0.318. The van der Waals surface area contributed by atoms with Crippen LogP contribution in [0.2, 0.25) is 0 Å². The van der Waals surface area contributed by atoms with Crippen LogP contribution in [-0.4, -0.2) is 57.8 Å². The lowest BCUT2D eigenvalue weighted by molar-refractivity contribution is 0.261. The smallest absolute Gasteiger partial charge is 0.325 e. The molecule has 0 fully saturated rings. The maximum Gasteiger partial charge on any atom is 0.325 e. The molecular formula is C27H33FN8O3. The van der Waals surface area contributed by atoms with E-state index in [1.807, 2.05) is 39.8 Å². The van der Waals surface area contributed by atoms with Gasteiger partial charge in [0.25, 0.3) is 5.56 Å². The highest BCUT2D eigenvalue weighted by molar-refractivity contribution is 5.99. The van der Waals surface area contributed by atoms with E-state index in [-0.39, 0.29) is 22.5 Å². The summed E-state index contributed by atoms with van der Waals surface area (Å²) in [5.74, 6) is 0.568. The van der Waals surface area contributed by atoms with E-state index in [9.17, 15) is 14.0 Å². The van der Waals surface area contributed by atoms with Gasteiger partial charge in [-0.25, -0.2) is 14.2 Å². The van der Waals surface area contributed by atoms with Crippen LogP contribution in [-0.2, 0) is 12.5 Å². The first kappa shape index (κ1) is 27.7. The van der Waals surface area contributed by atoms with Gasteiger partial charge in [-0.1, -0.05) is 25.9 Å². The number of benzene rings is 1. The van der Waals surface area contributed by atoms with Gasteiger partial charge in [-0.05, 0) is 50.3 Å². The van der Waals surface area contributed by atoms with Crippen LogP contribution in [0.1, 0.15) is 32.1 Å². The molecule has 0 aliphatic heterocycles. The number of hydrogen-bond acceptors (Lipinski definition) is 8. The number of anilines is 3. The molecule has 3 aromatic heterocycles. The second-order valence-electron chi connectivity index (χ2n) is 10.7. The van der Waals surface area contributed by atoms with Gasteiger partial charge in [0.2, 0.25) is 5.95 Å². The zero-order valence-corrected chi connectivity index (χ0v) is 23.1. The number of carbonyl (C=O) groups is 1. The van der Waals surface area contributed by atoms with E-state index < -0.39 is 11.8 Å². The van der Waals surface area contributed by atoms with Crippen molar-refractivity contribution < 1.29 is 13.7 Å². The summed E-state index contributed by atoms with van der Waals surface area (Å²) in [7, 11) is 5.57. The highest BCUT2D eigenvalue weighted by Crippen LogP contribution is 2.29. The van der Waals surface area contributed by atoms with Gasteiger partial charge in [0, 0.05) is 48.8 Å². The van der Waals surface area contributed by atoms with Crippen molar-refractivity contribution in [2.75, 3.05) is 43.1 Å². The minimum atomic E-state index is -0.702. The largest absolute Gasteiger partial charge is 0.359 e. The maximum absolute atomic E-state index is 14.8. The number of urea groups is 1. The van der Waals surface area contributed by atoms with Gasteiger partial charge in [-0.2, -0.15) is 4.98 Å². The van der Waals surface area contributed by atoms with Crippen molar-refractivity contribution in [3.8, 4) is 11.1 Å². The zero-order valence-electron chi connectivity index (χ0n) is 23.1. The SMILES string of the molecule is Cc1cc(F)c(NC(=O)Nc2cc(C(C)(C)C)on2)cc1-c1cc2cnc(NCCN(C)C)nc2n(C)c1=O. The normalized spacial score (nSPS) is 11.7. The third-order valence-corrected chi connectivity index (χ3v) is 6.13. The molecule has 0 atom stereocenters. The number of carbonyl (C=O) groups excluding carboxylic acids is 1. The van der Waals surface area contributed by atoms with Crippen LogP contribution in [0, 0.1) is 12.7 Å². The minimum Gasteiger partial charge on any atom is -0.359 e. The number of rotatable bonds is 7. The van der Waals surface area contributed by atoms with E-state index in [0.717, 1.165) is 6.54 Å². The third kappa shape index (κ3) is 6.23. The van der Waals surface area contributed by atoms with Gasteiger partial charge in [0.1, 0.15) is 17.2 Å². The molecule has 1 aromatic carbocycles. The lowest BCUT2D eigenvalue weighted by Gasteiger charge is -2.14. The molecule has 0 aliphatic carbocycles. The summed E-state index contributed by atoms with van der Waals surface area (Å²) < 4.78 is 21.6. The van der Waals surface area contributed by atoms with Crippen molar-refractivity contribution in [3.05, 3.63) is 58.0 Å². The van der Waals surface area contributed by atoms with Crippen molar-refractivity contribution >= 4 is 34.5 Å². The van der Waals surface area contributed by atoms with Crippen molar-refractivity contribution in [2.45, 2.75) is 33.1 Å². The molecule has 0 saturated carbocycles. The van der Waals surface area contributed by atoms with Crippen LogP contribution in [0.4, 0.5) is 26.6 Å². The first-order valence-electron chi connectivity index (χ1n) is 12.4. The predicted molar refractivity (Wildman–Crippen MR) is 150 cm³/mol. The van der Waals surface area contributed by atoms with Crippen LogP contribution in [0.5, 0.6) is 0 Å². The second-order valence-corrected chi connectivity index (χ2v) is 10.7. The van der Waals surface area contributed by atoms with Gasteiger partial charge in [-0.15, -0.1) is 0 Å². The maximum atomic E-state index is 14.8. The molecule has 0 radical (unpaired) electrons. The molecular weight excluding hydrogens is 503 g/mol. The topological polar surface area (TPSA) is 130 Å². The van der Waals surface area contributed by atoms with Crippen molar-refractivity contribution in [3.63, 3.8) is 0 Å². The zero-order chi connectivity index (χ0) is 28.5. The summed E-state index contributed by atoms with van der Waals surface area (Å²) in [6.45, 7) is 9.00. The average Bonchev–Trinajstić information content (AvgIpc) is 3.32. The molecule has 0 bridgehead atoms. The summed E-state index contributed by atoms with van der Waals surface area (Å²) in [4.78, 5) is 36.9. The number of nitrogens with zero attached hydrogens (tertiary/aromatic N) is 5. The molecule has 12 heteroatoms. The monoisotopic (exact) mass is 536 g/mol. The lowest BCUT2D eigenvalue weighted by Crippen LogP contribution is -2.23. The van der Waals surface area contributed by atoms with Gasteiger partial charge >= 0.3 is 6.03 Å². The first-order valence-corrected chi connectivity index (χ1v) is 12.4. The summed E-state index contributed by atoms with van der Waals surface area (Å²) in [6.07, 6.45) is 1.64. The number of halogens is 1. The molecule has 0 aliphatic rings. The predicted octanol–water partition coefficient (Wildman–Crippen LogP) is 4.35. The highest BCUT2D eigenvalue weighted by Gasteiger charge is 2.21. The number of hydrogen-bond donors (Lipinski definition) is 3. The summed E-state index contributed by atoms with van der Waals surface area (Å²) >= 11 is 0. The van der Waals surface area contributed by atoms with E-state index >= 15 is 0 Å². The molecule has 0 spiro atoms. The Balaban J connectivity index is 1.62. The number of nitrogens with one attached hydrogen (secondary N) is 3. The molecule has 0 saturated heterocycles. The number of fused-ring (bicyclic) bond motifs is 1. The fourth-order valence-corrected chi connectivity index (χ4v) is 3.93. The van der Waals surface area contributed by atoms with Crippen molar-refractivity contribution in [1.29, 1.82) is 0 Å². The average molecular weight is 537 g/mol. The second kappa shape index (κ2) is 10.8. The Labute approximate surface area is 225 Å². The Morgan fingerprint density at radius 3 is 2.54 bits per heavy atom. The van der Waals surface area contributed by atoms with Crippen LogP contribution in [0.25, 0.3) is 22.2 Å². The van der Waals surface area contributed by atoms with Gasteiger partial charge < -0.3 is 20.1 Å². The first-order chi connectivity index (χ1) is 18.3. The number of likely N-dealkylation sites (N-methyl/N-ethyl adjacent to an activating group) is 1. The van der Waals surface area contributed by atoms with Crippen LogP contribution in [0.3, 0.4) is 0 Å². The van der Waals surface area contributed by atoms with Gasteiger partial charge in [-0.3, -0.25) is 14.7 Å². The Morgan fingerprint density at radius 2 is 1.87 bits per heavy atom. The molecule has 0 unspecified atom stereocenters. The summed E-state index contributed by atoms with van der Waals surface area (Å²) in [6, 6.07) is 5.30. The Bertz CT molecular complexity index is 1590. The number of pyridine rings is 1. The van der Waals surface area contributed by atoms with E-state index in [2.05, 4.69) is 31.1 Å². The van der Waals surface area contributed by atoms with Crippen LogP contribution < -0.4 is 21.5 Å². The van der Waals surface area contributed by atoms with E-state index in [1.54, 1.807) is 32.3 Å². The Kier molecular flexibility index (Phi) is 7.68. The van der Waals surface area contributed by atoms with E-state index in [1.165, 1.54) is 16.7 Å². The molecule has 11 nitrogen and oxygen atoms in total. The molecule has 4 rings (SSSR count). The third-order valence-electron chi connectivity index (χ3n) is 6.13. The minimum absolute atomic E-state index is 0.0912. The highest BCUT2D eigenvalue weighted by atomic mass is 19.1. The Hall–Kier alpha value is -4.32. The lowest BCUT2D eigenvalue weighted by atomic mass is 9.93. The summed E-state index contributed by atoms with van der Waals surface area (Å²) in [5.41, 5.74) is 1.10. The Morgan fingerprint density at radius 1 is 1.13 bits per heavy atom. The molecule has 3 heterocycles. The standard InChI is InChI=1S/C27H33FN8O3/c1-15-10-19(28)20(31-26(38)32-22-13-21(39-34-22)27(2,3)4)12-17(15)18-11-16-14-30-25(29-8-9-35(5)6)33-23(16)36(7)24(18)37/h10-14H,8-9H2,1-7H3,(H,29,30,33)(H2,31,32,34,38). The summed E-state index contributed by atoms with van der Waals surface area (Å²) in [5, 5.41) is 12.7. The number of amides is 2. The van der Waals surface area contributed by atoms with Crippen LogP contribution in [0.15, 0.2) is 39.8 Å². The molecule has 3 N–H and O–H groups in total.